The first-order chi connectivity index (χ1) is 12.6. The summed E-state index contributed by atoms with van der Waals surface area (Å²) in [5.74, 6) is 1.58. The Hall–Kier alpha value is -0.160. The molecule has 2 aliphatic rings. The average molecular weight is 496 g/mol. The van der Waals surface area contributed by atoms with Crippen LogP contribution in [0.4, 0.5) is 0 Å². The third-order valence-corrected chi connectivity index (χ3v) is 5.20. The lowest BCUT2D eigenvalue weighted by Gasteiger charge is -2.34. The number of nitrogens with one attached hydrogen (secondary N) is 2. The van der Waals surface area contributed by atoms with Gasteiger partial charge in [-0.1, -0.05) is 20.8 Å². The van der Waals surface area contributed by atoms with E-state index in [1.807, 2.05) is 7.05 Å². The monoisotopic (exact) mass is 496 g/mol. The second kappa shape index (κ2) is 13.9. The molecule has 0 aromatic heterocycles. The van der Waals surface area contributed by atoms with Crippen LogP contribution in [-0.2, 0) is 4.74 Å². The van der Waals surface area contributed by atoms with Gasteiger partial charge in [-0.3, -0.25) is 14.8 Å². The van der Waals surface area contributed by atoms with Crippen molar-refractivity contribution in [2.75, 3.05) is 85.6 Å². The van der Waals surface area contributed by atoms with E-state index in [9.17, 15) is 0 Å². The second-order valence-electron chi connectivity index (χ2n) is 7.80. The normalized spacial score (nSPS) is 23.3. The molecule has 27 heavy (non-hydrogen) atoms. The van der Waals surface area contributed by atoms with Crippen LogP contribution in [0.1, 0.15) is 20.8 Å². The van der Waals surface area contributed by atoms with Gasteiger partial charge in [-0.25, -0.2) is 0 Å². The summed E-state index contributed by atoms with van der Waals surface area (Å²) in [7, 11) is 1.84. The zero-order valence-corrected chi connectivity index (χ0v) is 20.1. The quantitative estimate of drug-likeness (QED) is 0.294. The van der Waals surface area contributed by atoms with Crippen LogP contribution in [0.25, 0.3) is 0 Å². The molecule has 0 radical (unpaired) electrons. The highest BCUT2D eigenvalue weighted by molar-refractivity contribution is 14.0. The molecule has 0 aromatic carbocycles. The maximum atomic E-state index is 5.91. The highest BCUT2D eigenvalue weighted by atomic mass is 127. The molecule has 0 aliphatic carbocycles. The Balaban J connectivity index is 0.00000364. The lowest BCUT2D eigenvalue weighted by molar-refractivity contribution is -0.0284. The molecule has 0 spiro atoms. The third-order valence-electron chi connectivity index (χ3n) is 5.20. The fraction of sp³-hybridized carbons (Fsp3) is 0.947. The number of nitrogens with zero attached hydrogens (tertiary/aromatic N) is 4. The van der Waals surface area contributed by atoms with E-state index in [2.05, 4.69) is 51.1 Å². The summed E-state index contributed by atoms with van der Waals surface area (Å²) in [6.07, 6.45) is 0.239. The van der Waals surface area contributed by atoms with E-state index in [-0.39, 0.29) is 30.1 Å². The number of ether oxygens (including phenoxy) is 1. The van der Waals surface area contributed by atoms with Crippen LogP contribution in [0, 0.1) is 5.92 Å². The van der Waals surface area contributed by atoms with Crippen molar-refractivity contribution in [2.24, 2.45) is 10.9 Å². The summed E-state index contributed by atoms with van der Waals surface area (Å²) in [6, 6.07) is 0. The minimum absolute atomic E-state index is 0. The maximum Gasteiger partial charge on any atom is 0.191 e. The molecular weight excluding hydrogens is 455 g/mol. The van der Waals surface area contributed by atoms with Crippen molar-refractivity contribution in [3.05, 3.63) is 0 Å². The summed E-state index contributed by atoms with van der Waals surface area (Å²) >= 11 is 0. The highest BCUT2D eigenvalue weighted by Crippen LogP contribution is 2.07. The fourth-order valence-electron chi connectivity index (χ4n) is 3.68. The molecule has 2 saturated heterocycles. The third kappa shape index (κ3) is 9.74. The number of hydrogen-bond acceptors (Lipinski definition) is 5. The molecule has 0 saturated carbocycles. The number of hydrogen-bond donors (Lipinski definition) is 2. The van der Waals surface area contributed by atoms with Crippen LogP contribution in [0.3, 0.4) is 0 Å². The van der Waals surface area contributed by atoms with Gasteiger partial charge in [0.2, 0.25) is 0 Å². The van der Waals surface area contributed by atoms with Crippen LogP contribution in [0.2, 0.25) is 0 Å². The van der Waals surface area contributed by atoms with E-state index in [0.717, 1.165) is 51.8 Å². The first kappa shape index (κ1) is 24.9. The van der Waals surface area contributed by atoms with E-state index >= 15 is 0 Å². The minimum atomic E-state index is 0. The maximum absolute atomic E-state index is 5.91. The summed E-state index contributed by atoms with van der Waals surface area (Å²) < 4.78 is 5.91. The summed E-state index contributed by atoms with van der Waals surface area (Å²) in [4.78, 5) is 11.9. The fourth-order valence-corrected chi connectivity index (χ4v) is 3.68. The Kier molecular flexibility index (Phi) is 12.8. The van der Waals surface area contributed by atoms with Gasteiger partial charge in [-0.15, -0.1) is 24.0 Å². The summed E-state index contributed by atoms with van der Waals surface area (Å²) in [5.41, 5.74) is 0. The van der Waals surface area contributed by atoms with Crippen molar-refractivity contribution in [1.29, 1.82) is 0 Å². The predicted molar refractivity (Wildman–Crippen MR) is 124 cm³/mol. The van der Waals surface area contributed by atoms with Gasteiger partial charge < -0.3 is 20.3 Å². The van der Waals surface area contributed by atoms with Crippen molar-refractivity contribution in [1.82, 2.24) is 25.3 Å². The lowest BCUT2D eigenvalue weighted by Crippen LogP contribution is -2.51. The van der Waals surface area contributed by atoms with Gasteiger partial charge in [0, 0.05) is 72.5 Å². The van der Waals surface area contributed by atoms with Gasteiger partial charge in [0.05, 0.1) is 12.7 Å². The second-order valence-corrected chi connectivity index (χ2v) is 7.80. The molecule has 8 heteroatoms. The molecule has 2 aliphatic heterocycles. The van der Waals surface area contributed by atoms with Crippen LogP contribution >= 0.6 is 24.0 Å². The Morgan fingerprint density at radius 3 is 2.41 bits per heavy atom. The Morgan fingerprint density at radius 1 is 1.07 bits per heavy atom. The molecule has 2 rings (SSSR count). The van der Waals surface area contributed by atoms with Crippen molar-refractivity contribution >= 4 is 29.9 Å². The Bertz CT molecular complexity index is 415. The standard InChI is InChI=1S/C19H40N6O.HI/c1-5-23-8-10-24(11-9-23)7-6-21-19(20-4)22-14-18-16-25(12-13-26-18)15-17(2)3;/h17-18H,5-16H2,1-4H3,(H2,20,21,22);1H. The Morgan fingerprint density at radius 2 is 1.78 bits per heavy atom. The molecule has 1 unspecified atom stereocenters. The molecule has 0 aromatic rings. The molecule has 0 amide bonds. The number of morpholine rings is 1. The van der Waals surface area contributed by atoms with Gasteiger partial charge in [-0.05, 0) is 12.5 Å². The molecular formula is C19H41IN6O. The van der Waals surface area contributed by atoms with Crippen LogP contribution in [0.15, 0.2) is 4.99 Å². The van der Waals surface area contributed by atoms with Gasteiger partial charge in [0.15, 0.2) is 5.96 Å². The van der Waals surface area contributed by atoms with Crippen LogP contribution in [-0.4, -0.2) is 112 Å². The van der Waals surface area contributed by atoms with Gasteiger partial charge in [0.1, 0.15) is 0 Å². The van der Waals surface area contributed by atoms with E-state index < -0.39 is 0 Å². The van der Waals surface area contributed by atoms with Gasteiger partial charge >= 0.3 is 0 Å². The van der Waals surface area contributed by atoms with E-state index in [1.54, 1.807) is 0 Å². The van der Waals surface area contributed by atoms with E-state index in [1.165, 1.54) is 32.7 Å². The molecule has 1 atom stereocenters. The topological polar surface area (TPSA) is 55.4 Å². The molecule has 0 bridgehead atoms. The molecule has 2 heterocycles. The number of piperazine rings is 1. The largest absolute Gasteiger partial charge is 0.374 e. The first-order valence-electron chi connectivity index (χ1n) is 10.3. The average Bonchev–Trinajstić information content (AvgIpc) is 2.65. The van der Waals surface area contributed by atoms with Crippen molar-refractivity contribution in [3.63, 3.8) is 0 Å². The Labute approximate surface area is 183 Å². The van der Waals surface area contributed by atoms with Gasteiger partial charge in [-0.2, -0.15) is 0 Å². The number of halogens is 1. The predicted octanol–water partition coefficient (Wildman–Crippen LogP) is 0.764. The van der Waals surface area contributed by atoms with Crippen molar-refractivity contribution in [3.8, 4) is 0 Å². The molecule has 2 N–H and O–H groups in total. The lowest BCUT2D eigenvalue weighted by atomic mass is 10.2. The zero-order chi connectivity index (χ0) is 18.8. The number of rotatable bonds is 8. The molecule has 160 valence electrons. The molecule has 2 fully saturated rings. The van der Waals surface area contributed by atoms with Crippen molar-refractivity contribution < 1.29 is 4.74 Å². The summed E-state index contributed by atoms with van der Waals surface area (Å²) in [6.45, 7) is 19.5. The van der Waals surface area contributed by atoms with E-state index in [4.69, 9.17) is 4.74 Å². The number of likely N-dealkylation sites (N-methyl/N-ethyl adjacent to an activating group) is 1. The van der Waals surface area contributed by atoms with Crippen LogP contribution < -0.4 is 10.6 Å². The zero-order valence-electron chi connectivity index (χ0n) is 17.7. The minimum Gasteiger partial charge on any atom is -0.374 e. The van der Waals surface area contributed by atoms with Crippen LogP contribution in [0.5, 0.6) is 0 Å². The first-order valence-corrected chi connectivity index (χ1v) is 10.3. The van der Waals surface area contributed by atoms with Gasteiger partial charge in [0.25, 0.3) is 0 Å². The number of guanidine groups is 1. The van der Waals surface area contributed by atoms with Crippen molar-refractivity contribution in [2.45, 2.75) is 26.9 Å². The summed E-state index contributed by atoms with van der Waals surface area (Å²) in [5, 5.41) is 6.87. The molecule has 7 nitrogen and oxygen atoms in total. The van der Waals surface area contributed by atoms with E-state index in [0.29, 0.717) is 5.92 Å². The highest BCUT2D eigenvalue weighted by Gasteiger charge is 2.21. The smallest absolute Gasteiger partial charge is 0.191 e. The number of aliphatic imine (C=N–C) groups is 1. The SMILES string of the molecule is CCN1CCN(CCNC(=NC)NCC2CN(CC(C)C)CCO2)CC1.I.